The molecule has 1 aliphatic rings. The van der Waals surface area contributed by atoms with Crippen molar-refractivity contribution in [2.45, 2.75) is 129 Å². The Morgan fingerprint density at radius 3 is 1.71 bits per heavy atom. The van der Waals surface area contributed by atoms with E-state index in [0.717, 1.165) is 0 Å². The molecule has 66 heavy (non-hydrogen) atoms. The van der Waals surface area contributed by atoms with Gasteiger partial charge in [-0.3, -0.25) is 14.4 Å². The number of hydrogen-bond acceptors (Lipinski definition) is 14. The van der Waals surface area contributed by atoms with Crippen molar-refractivity contribution in [3.63, 3.8) is 0 Å². The quantitative estimate of drug-likeness (QED) is 0.0838. The van der Waals surface area contributed by atoms with Crippen LogP contribution in [0.25, 0.3) is 11.1 Å². The van der Waals surface area contributed by atoms with Gasteiger partial charge < -0.3 is 65.6 Å². The third-order valence-electron chi connectivity index (χ3n) is 9.36. The minimum Gasteiger partial charge on any atom is -0.491 e. The highest BCUT2D eigenvalue weighted by Gasteiger charge is 2.35. The predicted molar refractivity (Wildman–Crippen MR) is 244 cm³/mol. The van der Waals surface area contributed by atoms with Crippen molar-refractivity contribution >= 4 is 42.0 Å². The summed E-state index contributed by atoms with van der Waals surface area (Å²) in [7, 11) is 2.59. The molecule has 1 aliphatic heterocycles. The minimum atomic E-state index is -1.38. The first-order valence-corrected chi connectivity index (χ1v) is 21.8. The average molecular weight is 928 g/mol. The molecular formula is C46H69N7O13. The Morgan fingerprint density at radius 2 is 1.21 bits per heavy atom. The lowest BCUT2D eigenvalue weighted by atomic mass is 9.93. The molecule has 20 nitrogen and oxygen atoms in total. The van der Waals surface area contributed by atoms with Crippen molar-refractivity contribution < 1.29 is 62.0 Å². The number of carbonyl (C=O) groups excluding carboxylic acids is 7. The van der Waals surface area contributed by atoms with Gasteiger partial charge in [0.15, 0.2) is 0 Å². The standard InChI is InChI=1S/C46H69N7O13/c1-27-37(54)52-33(40(57)61-12)25-28-15-17-34(62-22-20-49-42(59)65-45(5,6)7)30(24-28)31-26-29(16-18-35(31)63-23-21-50-43(60)66-46(8,9)10)36(38(55)51-27)53(11)39(56)32(47)14-13-19-48-41(58)64-44(2,3)4/h15-18,24,26-27,32-33,36H,13-14,19-23,25,47H2,1-12H3,(H,48,58)(H,49,59)(H,50,60)(H,51,55)(H,52,54)/t27-,32-,33-,36-/m0/s1. The minimum absolute atomic E-state index is 0.0204. The molecule has 4 bridgehead atoms. The van der Waals surface area contributed by atoms with Gasteiger partial charge in [0, 0.05) is 31.1 Å². The van der Waals surface area contributed by atoms with Crippen molar-refractivity contribution in [1.82, 2.24) is 31.5 Å². The number of carbonyl (C=O) groups is 7. The van der Waals surface area contributed by atoms with Gasteiger partial charge in [0.25, 0.3) is 0 Å². The molecule has 0 unspecified atom stereocenters. The topological polar surface area (TPSA) is 264 Å². The van der Waals surface area contributed by atoms with E-state index in [1.807, 2.05) is 0 Å². The molecular weight excluding hydrogens is 859 g/mol. The van der Waals surface area contributed by atoms with Crippen molar-refractivity contribution in [3.8, 4) is 22.6 Å². The van der Waals surface area contributed by atoms with Gasteiger partial charge >= 0.3 is 24.2 Å². The van der Waals surface area contributed by atoms with E-state index in [0.29, 0.717) is 28.9 Å². The predicted octanol–water partition coefficient (Wildman–Crippen LogP) is 4.01. The van der Waals surface area contributed by atoms with Crippen LogP contribution in [0.1, 0.15) is 99.2 Å². The lowest BCUT2D eigenvalue weighted by Crippen LogP contribution is -2.54. The Bertz CT molecular complexity index is 2040. The molecule has 0 fully saturated rings. The van der Waals surface area contributed by atoms with Crippen molar-refractivity contribution in [2.24, 2.45) is 5.73 Å². The molecule has 1 heterocycles. The molecule has 0 aliphatic carbocycles. The second kappa shape index (κ2) is 23.7. The van der Waals surface area contributed by atoms with Crippen LogP contribution in [0.5, 0.6) is 11.5 Å². The molecule has 0 saturated carbocycles. The number of hydrogen-bond donors (Lipinski definition) is 6. The fourth-order valence-corrected chi connectivity index (χ4v) is 6.47. The van der Waals surface area contributed by atoms with Crippen LogP contribution < -0.4 is 41.8 Å². The molecule has 2 aromatic carbocycles. The third-order valence-corrected chi connectivity index (χ3v) is 9.36. The maximum atomic E-state index is 14.4. The number of nitrogens with zero attached hydrogens (tertiary/aromatic N) is 1. The van der Waals surface area contributed by atoms with Crippen LogP contribution in [0.2, 0.25) is 0 Å². The second-order valence-corrected chi connectivity index (χ2v) is 18.7. The van der Waals surface area contributed by atoms with Gasteiger partial charge in [-0.15, -0.1) is 0 Å². The summed E-state index contributed by atoms with van der Waals surface area (Å²) >= 11 is 0. The first-order chi connectivity index (χ1) is 30.7. The van der Waals surface area contributed by atoms with E-state index >= 15 is 0 Å². The Morgan fingerprint density at radius 1 is 0.727 bits per heavy atom. The van der Waals surface area contributed by atoms with Crippen LogP contribution >= 0.6 is 0 Å². The van der Waals surface area contributed by atoms with Gasteiger partial charge in [-0.2, -0.15) is 0 Å². The van der Waals surface area contributed by atoms with E-state index in [1.165, 1.54) is 26.0 Å². The number of nitrogens with one attached hydrogen (secondary N) is 5. The number of nitrogens with two attached hydrogens (primary N) is 1. The van der Waals surface area contributed by atoms with Gasteiger partial charge in [0.1, 0.15) is 59.6 Å². The number of alkyl carbamates (subject to hydrolysis) is 3. The number of methoxy groups -OCH3 is 1. The van der Waals surface area contributed by atoms with Gasteiger partial charge in [0.2, 0.25) is 17.7 Å². The van der Waals surface area contributed by atoms with E-state index in [-0.39, 0.29) is 57.0 Å². The smallest absolute Gasteiger partial charge is 0.407 e. The average Bonchev–Trinajstić information content (AvgIpc) is 3.20. The number of ether oxygens (including phenoxy) is 6. The van der Waals surface area contributed by atoms with Crippen LogP contribution in [-0.2, 0) is 44.5 Å². The summed E-state index contributed by atoms with van der Waals surface area (Å²) in [5.41, 5.74) is 5.89. The highest BCUT2D eigenvalue weighted by Crippen LogP contribution is 2.40. The molecule has 3 rings (SSSR count). The summed E-state index contributed by atoms with van der Waals surface area (Å²) < 4.78 is 33.5. The second-order valence-electron chi connectivity index (χ2n) is 18.7. The summed E-state index contributed by atoms with van der Waals surface area (Å²) in [5.74, 6) is -2.23. The first kappa shape index (κ1) is 54.0. The van der Waals surface area contributed by atoms with Gasteiger partial charge in [-0.05, 0) is 117 Å². The molecule has 6 amide bonds. The number of benzene rings is 2. The Kier molecular flexibility index (Phi) is 19.4. The zero-order valence-corrected chi connectivity index (χ0v) is 40.3. The summed E-state index contributed by atoms with van der Waals surface area (Å²) in [5, 5.41) is 13.3. The Balaban J connectivity index is 2.15. The summed E-state index contributed by atoms with van der Waals surface area (Å²) in [6.45, 7) is 17.3. The van der Waals surface area contributed by atoms with Crippen LogP contribution in [0.4, 0.5) is 14.4 Å². The highest BCUT2D eigenvalue weighted by molar-refractivity contribution is 5.95. The molecule has 7 N–H and O–H groups in total. The zero-order valence-electron chi connectivity index (χ0n) is 40.3. The number of rotatable bonds is 15. The molecule has 366 valence electrons. The maximum absolute atomic E-state index is 14.4. The fourth-order valence-electron chi connectivity index (χ4n) is 6.47. The lowest BCUT2D eigenvalue weighted by molar-refractivity contribution is -0.145. The largest absolute Gasteiger partial charge is 0.491 e. The van der Waals surface area contributed by atoms with Crippen molar-refractivity contribution in [2.75, 3.05) is 47.0 Å². The molecule has 0 radical (unpaired) electrons. The fraction of sp³-hybridized carbons (Fsp3) is 0.587. The SMILES string of the molecule is COC(=O)[C@@H]1Cc2ccc(OCCNC(=O)OC(C)(C)C)c(c2)-c2cc(ccc2OCCNC(=O)OC(C)(C)C)[C@H](N(C)C(=O)[C@@H](N)CCCNC(=O)OC(C)(C)C)C(=O)N[C@@H](C)C(=O)N1. The molecule has 0 saturated heterocycles. The normalized spacial score (nSPS) is 17.0. The van der Waals surface area contributed by atoms with E-state index in [4.69, 9.17) is 34.2 Å². The molecule has 4 atom stereocenters. The van der Waals surface area contributed by atoms with E-state index in [1.54, 1.807) is 98.7 Å². The highest BCUT2D eigenvalue weighted by atomic mass is 16.6. The van der Waals surface area contributed by atoms with Crippen LogP contribution in [0.15, 0.2) is 36.4 Å². The van der Waals surface area contributed by atoms with E-state index in [2.05, 4.69) is 26.6 Å². The molecule has 20 heteroatoms. The number of fused-ring (bicyclic) bond motifs is 5. The van der Waals surface area contributed by atoms with Gasteiger partial charge in [-0.1, -0.05) is 12.1 Å². The Labute approximate surface area is 387 Å². The third kappa shape index (κ3) is 17.9. The van der Waals surface area contributed by atoms with Crippen LogP contribution in [0.3, 0.4) is 0 Å². The van der Waals surface area contributed by atoms with Crippen molar-refractivity contribution in [3.05, 3.63) is 47.5 Å². The number of likely N-dealkylation sites (N-methyl/N-ethyl adjacent to an activating group) is 1. The summed E-state index contributed by atoms with van der Waals surface area (Å²) in [4.78, 5) is 93.4. The summed E-state index contributed by atoms with van der Waals surface area (Å²) in [6, 6.07) is 5.03. The van der Waals surface area contributed by atoms with Gasteiger partial charge in [0.05, 0.1) is 26.2 Å². The van der Waals surface area contributed by atoms with E-state index in [9.17, 15) is 33.6 Å². The first-order valence-electron chi connectivity index (χ1n) is 21.8. The zero-order chi connectivity index (χ0) is 49.6. The van der Waals surface area contributed by atoms with E-state index < -0.39 is 82.9 Å². The molecule has 0 aromatic heterocycles. The van der Waals surface area contributed by atoms with Crippen molar-refractivity contribution in [1.29, 1.82) is 0 Å². The number of esters is 1. The van der Waals surface area contributed by atoms with Crippen LogP contribution in [-0.4, -0.2) is 129 Å². The summed E-state index contributed by atoms with van der Waals surface area (Å²) in [6.07, 6.45) is -1.50. The maximum Gasteiger partial charge on any atom is 0.407 e. The molecule has 2 aromatic rings. The Hall–Kier alpha value is -6.31. The lowest BCUT2D eigenvalue weighted by Gasteiger charge is -2.31. The monoisotopic (exact) mass is 927 g/mol. The van der Waals surface area contributed by atoms with Crippen LogP contribution in [0, 0.1) is 0 Å². The molecule has 0 spiro atoms. The van der Waals surface area contributed by atoms with Gasteiger partial charge in [-0.25, -0.2) is 19.2 Å². The number of amides is 6.